The third-order valence-electron chi connectivity index (χ3n) is 7.29. The molecular formula is C30H44ClN3O2. The standard InChI is InChI=1S/C30H44ClN3O2/c1-24(2)17-19-33(29(36)30(3,4)23-31)22-28(35)34(26-14-9-6-10-15-26)21-27-16-11-18-32(27)20-25-12-7-5-8-13-25/h5,7-8,11-13,16,18,24,26H,6,9-10,14-15,17,19-23H2,1-4H3. The van der Waals surface area contributed by atoms with Crippen molar-refractivity contribution in [1.82, 2.24) is 14.4 Å². The number of rotatable bonds is 12. The lowest BCUT2D eigenvalue weighted by molar-refractivity contribution is -0.147. The zero-order chi connectivity index (χ0) is 26.1. The van der Waals surface area contributed by atoms with Gasteiger partial charge in [0.1, 0.15) is 0 Å². The Bertz CT molecular complexity index is 964. The lowest BCUT2D eigenvalue weighted by atomic mass is 9.93. The Morgan fingerprint density at radius 2 is 1.75 bits per heavy atom. The van der Waals surface area contributed by atoms with Crippen molar-refractivity contribution in [3.05, 3.63) is 59.9 Å². The van der Waals surface area contributed by atoms with Crippen molar-refractivity contribution in [1.29, 1.82) is 0 Å². The maximum atomic E-state index is 13.9. The van der Waals surface area contributed by atoms with Crippen LogP contribution in [0.15, 0.2) is 48.7 Å². The highest BCUT2D eigenvalue weighted by Crippen LogP contribution is 2.26. The molecule has 1 fully saturated rings. The molecule has 1 saturated carbocycles. The molecule has 1 aromatic heterocycles. The number of hydrogen-bond acceptors (Lipinski definition) is 2. The average molecular weight is 514 g/mol. The average Bonchev–Trinajstić information content (AvgIpc) is 3.31. The third kappa shape index (κ3) is 7.86. The Morgan fingerprint density at radius 3 is 2.39 bits per heavy atom. The van der Waals surface area contributed by atoms with E-state index in [-0.39, 0.29) is 30.3 Å². The maximum Gasteiger partial charge on any atom is 0.242 e. The zero-order valence-corrected chi connectivity index (χ0v) is 23.3. The van der Waals surface area contributed by atoms with Crippen LogP contribution in [-0.4, -0.2) is 51.2 Å². The van der Waals surface area contributed by atoms with Gasteiger partial charge in [-0.2, -0.15) is 0 Å². The van der Waals surface area contributed by atoms with Gasteiger partial charge >= 0.3 is 0 Å². The van der Waals surface area contributed by atoms with E-state index < -0.39 is 5.41 Å². The molecule has 0 bridgehead atoms. The fraction of sp³-hybridized carbons (Fsp3) is 0.600. The summed E-state index contributed by atoms with van der Waals surface area (Å²) in [6.45, 7) is 10.0. The first-order chi connectivity index (χ1) is 17.2. The number of halogens is 1. The molecule has 1 aromatic carbocycles. The maximum absolute atomic E-state index is 13.9. The lowest BCUT2D eigenvalue weighted by Crippen LogP contribution is -2.50. The van der Waals surface area contributed by atoms with Gasteiger partial charge in [0, 0.05) is 36.9 Å². The summed E-state index contributed by atoms with van der Waals surface area (Å²) < 4.78 is 2.23. The highest BCUT2D eigenvalue weighted by atomic mass is 35.5. The van der Waals surface area contributed by atoms with Gasteiger partial charge in [0.2, 0.25) is 11.8 Å². The van der Waals surface area contributed by atoms with E-state index in [0.717, 1.165) is 44.3 Å². The van der Waals surface area contributed by atoms with Gasteiger partial charge in [0.25, 0.3) is 0 Å². The first-order valence-corrected chi connectivity index (χ1v) is 14.1. The third-order valence-corrected chi connectivity index (χ3v) is 7.96. The van der Waals surface area contributed by atoms with Crippen LogP contribution in [0.5, 0.6) is 0 Å². The molecule has 6 heteroatoms. The van der Waals surface area contributed by atoms with Gasteiger partial charge in [-0.25, -0.2) is 0 Å². The second kappa shape index (κ2) is 13.3. The number of nitrogens with zero attached hydrogens (tertiary/aromatic N) is 3. The molecule has 0 atom stereocenters. The highest BCUT2D eigenvalue weighted by molar-refractivity contribution is 6.19. The van der Waals surface area contributed by atoms with Crippen LogP contribution in [0.25, 0.3) is 0 Å². The van der Waals surface area contributed by atoms with Crippen molar-refractivity contribution in [2.45, 2.75) is 85.4 Å². The Balaban J connectivity index is 1.82. The highest BCUT2D eigenvalue weighted by Gasteiger charge is 2.34. The van der Waals surface area contributed by atoms with Crippen molar-refractivity contribution >= 4 is 23.4 Å². The van der Waals surface area contributed by atoms with Gasteiger partial charge in [-0.15, -0.1) is 11.6 Å². The Labute approximate surface area is 222 Å². The quantitative estimate of drug-likeness (QED) is 0.311. The number of amides is 2. The van der Waals surface area contributed by atoms with Crippen LogP contribution in [0.4, 0.5) is 0 Å². The van der Waals surface area contributed by atoms with Crippen LogP contribution in [0.3, 0.4) is 0 Å². The van der Waals surface area contributed by atoms with E-state index in [4.69, 9.17) is 11.6 Å². The number of carbonyl (C=O) groups is 2. The number of carbonyl (C=O) groups excluding carboxylic acids is 2. The molecule has 36 heavy (non-hydrogen) atoms. The summed E-state index contributed by atoms with van der Waals surface area (Å²) in [7, 11) is 0. The summed E-state index contributed by atoms with van der Waals surface area (Å²) in [5.74, 6) is 0.682. The second-order valence-corrected chi connectivity index (χ2v) is 11.6. The molecule has 1 aliphatic rings. The summed E-state index contributed by atoms with van der Waals surface area (Å²) in [6.07, 6.45) is 8.53. The molecule has 2 amide bonds. The zero-order valence-electron chi connectivity index (χ0n) is 22.6. The lowest BCUT2D eigenvalue weighted by Gasteiger charge is -2.37. The van der Waals surface area contributed by atoms with Crippen molar-refractivity contribution < 1.29 is 9.59 Å². The number of aromatic nitrogens is 1. The number of alkyl halides is 1. The van der Waals surface area contributed by atoms with E-state index in [2.05, 4.69) is 65.9 Å². The molecule has 3 rings (SSSR count). The van der Waals surface area contributed by atoms with Crippen LogP contribution >= 0.6 is 11.6 Å². The molecule has 0 radical (unpaired) electrons. The molecular weight excluding hydrogens is 470 g/mol. The smallest absolute Gasteiger partial charge is 0.242 e. The monoisotopic (exact) mass is 513 g/mol. The van der Waals surface area contributed by atoms with E-state index in [1.54, 1.807) is 4.90 Å². The summed E-state index contributed by atoms with van der Waals surface area (Å²) in [5, 5.41) is 0. The molecule has 1 aliphatic carbocycles. The number of hydrogen-bond donors (Lipinski definition) is 0. The molecule has 2 aromatic rings. The molecule has 0 unspecified atom stereocenters. The van der Waals surface area contributed by atoms with E-state index in [0.29, 0.717) is 19.0 Å². The predicted octanol–water partition coefficient (Wildman–Crippen LogP) is 6.34. The Hall–Kier alpha value is -2.27. The van der Waals surface area contributed by atoms with Crippen LogP contribution in [0.2, 0.25) is 0 Å². The summed E-state index contributed by atoms with van der Waals surface area (Å²) in [4.78, 5) is 31.1. The van der Waals surface area contributed by atoms with Crippen LogP contribution in [-0.2, 0) is 22.7 Å². The molecule has 0 N–H and O–H groups in total. The topological polar surface area (TPSA) is 45.6 Å². The second-order valence-electron chi connectivity index (χ2n) is 11.4. The van der Waals surface area contributed by atoms with Gasteiger partial charge in [0.15, 0.2) is 0 Å². The minimum atomic E-state index is -0.696. The van der Waals surface area contributed by atoms with Crippen molar-refractivity contribution in [3.8, 4) is 0 Å². The fourth-order valence-electron chi connectivity index (χ4n) is 4.92. The first kappa shape index (κ1) is 28.3. The van der Waals surface area contributed by atoms with Gasteiger partial charge < -0.3 is 14.4 Å². The van der Waals surface area contributed by atoms with Crippen LogP contribution in [0, 0.1) is 11.3 Å². The fourth-order valence-corrected chi connectivity index (χ4v) is 5.04. The van der Waals surface area contributed by atoms with Crippen LogP contribution in [0.1, 0.15) is 77.5 Å². The SMILES string of the molecule is CC(C)CCN(CC(=O)N(Cc1cccn1Cc1ccccc1)C1CCCCC1)C(=O)C(C)(C)CCl. The van der Waals surface area contributed by atoms with Crippen molar-refractivity contribution in [3.63, 3.8) is 0 Å². The van der Waals surface area contributed by atoms with Gasteiger partial charge in [-0.3, -0.25) is 9.59 Å². The Kier molecular flexibility index (Phi) is 10.5. The van der Waals surface area contributed by atoms with E-state index >= 15 is 0 Å². The van der Waals surface area contributed by atoms with E-state index in [9.17, 15) is 9.59 Å². The molecule has 0 saturated heterocycles. The minimum absolute atomic E-state index is 0.0387. The van der Waals surface area contributed by atoms with E-state index in [1.807, 2.05) is 19.9 Å². The van der Waals surface area contributed by atoms with Crippen LogP contribution < -0.4 is 0 Å². The van der Waals surface area contributed by atoms with Crippen molar-refractivity contribution in [2.75, 3.05) is 19.0 Å². The van der Waals surface area contributed by atoms with Gasteiger partial charge in [0.05, 0.1) is 18.5 Å². The summed E-state index contributed by atoms with van der Waals surface area (Å²) in [5.41, 5.74) is 1.66. The van der Waals surface area contributed by atoms with Gasteiger partial charge in [-0.1, -0.05) is 63.4 Å². The van der Waals surface area contributed by atoms with Gasteiger partial charge in [-0.05, 0) is 56.7 Å². The normalized spacial score (nSPS) is 14.7. The summed E-state index contributed by atoms with van der Waals surface area (Å²) >= 11 is 6.15. The molecule has 5 nitrogen and oxygen atoms in total. The number of benzene rings is 1. The Morgan fingerprint density at radius 1 is 1.06 bits per heavy atom. The van der Waals surface area contributed by atoms with Crippen molar-refractivity contribution in [2.24, 2.45) is 11.3 Å². The first-order valence-electron chi connectivity index (χ1n) is 13.5. The van der Waals surface area contributed by atoms with E-state index in [1.165, 1.54) is 12.0 Å². The minimum Gasteiger partial charge on any atom is -0.345 e. The predicted molar refractivity (Wildman–Crippen MR) is 148 cm³/mol. The molecule has 0 spiro atoms. The molecule has 198 valence electrons. The molecule has 0 aliphatic heterocycles. The molecule has 1 heterocycles. The largest absolute Gasteiger partial charge is 0.345 e. The summed E-state index contributed by atoms with van der Waals surface area (Å²) in [6, 6.07) is 14.8.